The Hall–Kier alpha value is -2.27. The number of hydrogen-bond acceptors (Lipinski definition) is 1. The van der Waals surface area contributed by atoms with E-state index in [0.717, 1.165) is 16.8 Å². The third-order valence-electron chi connectivity index (χ3n) is 2.93. The minimum Gasteiger partial charge on any atom is -0.382 e. The van der Waals surface area contributed by atoms with Crippen LogP contribution in [0.1, 0.15) is 18.1 Å². The molecule has 0 aliphatic rings. The van der Waals surface area contributed by atoms with Gasteiger partial charge in [0.1, 0.15) is 5.82 Å². The third-order valence-corrected chi connectivity index (χ3v) is 2.93. The molecule has 0 aliphatic heterocycles. The van der Waals surface area contributed by atoms with Crippen molar-refractivity contribution in [1.29, 1.82) is 0 Å². The standard InChI is InChI=1S/C17H16FN/c1-3-14-7-6-9-16(12-14)19-13(2)11-15-8-4-5-10-17(15)18/h1,4-10,12-13,19H,11H2,2H3. The Morgan fingerprint density at radius 3 is 2.74 bits per heavy atom. The molecule has 96 valence electrons. The summed E-state index contributed by atoms with van der Waals surface area (Å²) in [6, 6.07) is 14.6. The highest BCUT2D eigenvalue weighted by Crippen LogP contribution is 2.14. The topological polar surface area (TPSA) is 12.0 Å². The molecule has 0 amide bonds. The van der Waals surface area contributed by atoms with Crippen LogP contribution in [-0.2, 0) is 6.42 Å². The van der Waals surface area contributed by atoms with E-state index in [1.54, 1.807) is 6.07 Å². The van der Waals surface area contributed by atoms with Crippen molar-refractivity contribution in [2.45, 2.75) is 19.4 Å². The minimum atomic E-state index is -0.159. The van der Waals surface area contributed by atoms with Crippen LogP contribution in [-0.4, -0.2) is 6.04 Å². The Kier molecular flexibility index (Phi) is 4.20. The predicted molar refractivity (Wildman–Crippen MR) is 77.6 cm³/mol. The average molecular weight is 253 g/mol. The SMILES string of the molecule is C#Cc1cccc(NC(C)Cc2ccccc2F)c1. The number of hydrogen-bond donors (Lipinski definition) is 1. The lowest BCUT2D eigenvalue weighted by Gasteiger charge is -2.16. The first-order valence-electron chi connectivity index (χ1n) is 6.25. The minimum absolute atomic E-state index is 0.130. The fourth-order valence-electron chi connectivity index (χ4n) is 2.03. The van der Waals surface area contributed by atoms with Crippen LogP contribution in [0.2, 0.25) is 0 Å². The molecule has 0 fully saturated rings. The molecule has 0 saturated carbocycles. The van der Waals surface area contributed by atoms with Gasteiger partial charge < -0.3 is 5.32 Å². The zero-order valence-electron chi connectivity index (χ0n) is 10.9. The van der Waals surface area contributed by atoms with Crippen LogP contribution in [0.3, 0.4) is 0 Å². The maximum absolute atomic E-state index is 13.6. The second kappa shape index (κ2) is 6.06. The number of benzene rings is 2. The van der Waals surface area contributed by atoms with Gasteiger partial charge in [0, 0.05) is 17.3 Å². The predicted octanol–water partition coefficient (Wildman–Crippen LogP) is 3.85. The van der Waals surface area contributed by atoms with E-state index >= 15 is 0 Å². The van der Waals surface area contributed by atoms with Crippen LogP contribution in [0.4, 0.5) is 10.1 Å². The van der Waals surface area contributed by atoms with Crippen LogP contribution < -0.4 is 5.32 Å². The molecule has 1 nitrogen and oxygen atoms in total. The highest BCUT2D eigenvalue weighted by Gasteiger charge is 2.07. The van der Waals surface area contributed by atoms with Gasteiger partial charge in [-0.15, -0.1) is 6.42 Å². The first kappa shape index (κ1) is 13.2. The summed E-state index contributed by atoms with van der Waals surface area (Å²) < 4.78 is 13.6. The van der Waals surface area contributed by atoms with Crippen LogP contribution >= 0.6 is 0 Å². The van der Waals surface area contributed by atoms with Crippen molar-refractivity contribution in [1.82, 2.24) is 0 Å². The number of rotatable bonds is 4. The molecule has 1 unspecified atom stereocenters. The quantitative estimate of drug-likeness (QED) is 0.816. The molecule has 0 aromatic heterocycles. The Bertz CT molecular complexity index is 598. The van der Waals surface area contributed by atoms with E-state index in [2.05, 4.69) is 11.2 Å². The molecule has 2 rings (SSSR count). The molecule has 0 radical (unpaired) electrons. The van der Waals surface area contributed by atoms with Crippen molar-refractivity contribution in [3.63, 3.8) is 0 Å². The molecule has 0 bridgehead atoms. The Morgan fingerprint density at radius 2 is 2.00 bits per heavy atom. The van der Waals surface area contributed by atoms with E-state index in [0.29, 0.717) is 6.42 Å². The molecule has 2 aromatic carbocycles. The normalized spacial score (nSPS) is 11.6. The lowest BCUT2D eigenvalue weighted by molar-refractivity contribution is 0.601. The molecule has 1 N–H and O–H groups in total. The van der Waals surface area contributed by atoms with Gasteiger partial charge in [0.05, 0.1) is 0 Å². The van der Waals surface area contributed by atoms with Gasteiger partial charge in [-0.1, -0.05) is 30.2 Å². The van der Waals surface area contributed by atoms with Crippen LogP contribution in [0, 0.1) is 18.2 Å². The molecule has 1 atom stereocenters. The summed E-state index contributed by atoms with van der Waals surface area (Å²) in [7, 11) is 0. The molecule has 0 heterocycles. The van der Waals surface area contributed by atoms with Crippen LogP contribution in [0.15, 0.2) is 48.5 Å². The van der Waals surface area contributed by atoms with E-state index in [9.17, 15) is 4.39 Å². The molecular weight excluding hydrogens is 237 g/mol. The van der Waals surface area contributed by atoms with Gasteiger partial charge in [-0.05, 0) is 43.2 Å². The fourth-order valence-corrected chi connectivity index (χ4v) is 2.03. The van der Waals surface area contributed by atoms with Gasteiger partial charge in [0.15, 0.2) is 0 Å². The van der Waals surface area contributed by atoms with E-state index in [1.165, 1.54) is 6.07 Å². The Labute approximate surface area is 113 Å². The maximum atomic E-state index is 13.6. The summed E-state index contributed by atoms with van der Waals surface area (Å²) in [5.41, 5.74) is 2.51. The summed E-state index contributed by atoms with van der Waals surface area (Å²) in [6.07, 6.45) is 6.00. The summed E-state index contributed by atoms with van der Waals surface area (Å²) in [5.74, 6) is 2.44. The highest BCUT2D eigenvalue weighted by atomic mass is 19.1. The second-order valence-corrected chi connectivity index (χ2v) is 4.57. The van der Waals surface area contributed by atoms with Crippen molar-refractivity contribution in [2.24, 2.45) is 0 Å². The fraction of sp³-hybridized carbons (Fsp3) is 0.176. The van der Waals surface area contributed by atoms with Gasteiger partial charge in [-0.3, -0.25) is 0 Å². The smallest absolute Gasteiger partial charge is 0.126 e. The van der Waals surface area contributed by atoms with Crippen molar-refractivity contribution >= 4 is 5.69 Å². The van der Waals surface area contributed by atoms with Crippen molar-refractivity contribution in [3.8, 4) is 12.3 Å². The van der Waals surface area contributed by atoms with Crippen LogP contribution in [0.5, 0.6) is 0 Å². The number of terminal acetylenes is 1. The first-order valence-corrected chi connectivity index (χ1v) is 6.25. The summed E-state index contributed by atoms with van der Waals surface area (Å²) in [4.78, 5) is 0. The summed E-state index contributed by atoms with van der Waals surface area (Å²) >= 11 is 0. The number of anilines is 1. The van der Waals surface area contributed by atoms with Crippen molar-refractivity contribution in [2.75, 3.05) is 5.32 Å². The van der Waals surface area contributed by atoms with E-state index in [4.69, 9.17) is 6.42 Å². The molecule has 0 aliphatic carbocycles. The zero-order valence-corrected chi connectivity index (χ0v) is 10.9. The monoisotopic (exact) mass is 253 g/mol. The number of halogens is 1. The first-order chi connectivity index (χ1) is 9.19. The average Bonchev–Trinajstić information content (AvgIpc) is 2.41. The Morgan fingerprint density at radius 1 is 1.21 bits per heavy atom. The largest absolute Gasteiger partial charge is 0.382 e. The highest BCUT2D eigenvalue weighted by molar-refractivity contribution is 5.50. The van der Waals surface area contributed by atoms with Gasteiger partial charge in [0.2, 0.25) is 0 Å². The van der Waals surface area contributed by atoms with Gasteiger partial charge in [0.25, 0.3) is 0 Å². The molecule has 0 spiro atoms. The molecule has 2 heteroatoms. The second-order valence-electron chi connectivity index (χ2n) is 4.57. The molecule has 19 heavy (non-hydrogen) atoms. The lowest BCUT2D eigenvalue weighted by atomic mass is 10.1. The van der Waals surface area contributed by atoms with Gasteiger partial charge >= 0.3 is 0 Å². The van der Waals surface area contributed by atoms with Crippen molar-refractivity contribution in [3.05, 3.63) is 65.5 Å². The van der Waals surface area contributed by atoms with E-state index < -0.39 is 0 Å². The van der Waals surface area contributed by atoms with E-state index in [1.807, 2.05) is 43.3 Å². The van der Waals surface area contributed by atoms with Gasteiger partial charge in [-0.2, -0.15) is 0 Å². The maximum Gasteiger partial charge on any atom is 0.126 e. The Balaban J connectivity index is 2.03. The van der Waals surface area contributed by atoms with Gasteiger partial charge in [-0.25, -0.2) is 4.39 Å². The molecule has 2 aromatic rings. The summed E-state index contributed by atoms with van der Waals surface area (Å²) in [5, 5.41) is 3.33. The van der Waals surface area contributed by atoms with Crippen molar-refractivity contribution < 1.29 is 4.39 Å². The molecule has 0 saturated heterocycles. The molecular formula is C17H16FN. The summed E-state index contributed by atoms with van der Waals surface area (Å²) in [6.45, 7) is 2.02. The lowest BCUT2D eigenvalue weighted by Crippen LogP contribution is -2.18. The zero-order chi connectivity index (χ0) is 13.7. The third kappa shape index (κ3) is 3.59. The van der Waals surface area contributed by atoms with Crippen LogP contribution in [0.25, 0.3) is 0 Å². The van der Waals surface area contributed by atoms with E-state index in [-0.39, 0.29) is 11.9 Å². The number of nitrogens with one attached hydrogen (secondary N) is 1.